The summed E-state index contributed by atoms with van der Waals surface area (Å²) in [4.78, 5) is 12.5. The zero-order valence-electron chi connectivity index (χ0n) is 13.2. The number of hydrogen-bond donors (Lipinski definition) is 3. The zero-order chi connectivity index (χ0) is 16.2. The van der Waals surface area contributed by atoms with E-state index >= 15 is 0 Å². The van der Waals surface area contributed by atoms with E-state index in [2.05, 4.69) is 20.8 Å². The second kappa shape index (κ2) is 6.70. The number of ether oxygens (including phenoxy) is 2. The third-order valence-corrected chi connectivity index (χ3v) is 3.74. The highest BCUT2D eigenvalue weighted by Gasteiger charge is 2.21. The number of methoxy groups -OCH3 is 1. The average molecular weight is 316 g/mol. The molecule has 0 saturated carbocycles. The number of fused-ring (bicyclic) bond motifs is 1. The summed E-state index contributed by atoms with van der Waals surface area (Å²) in [7, 11) is 1.57. The van der Waals surface area contributed by atoms with Crippen molar-refractivity contribution in [1.82, 2.24) is 15.5 Å². The number of H-pyrrole nitrogens is 1. The van der Waals surface area contributed by atoms with Crippen molar-refractivity contribution in [3.63, 3.8) is 0 Å². The number of hydrogen-bond acceptors (Lipinski definition) is 5. The van der Waals surface area contributed by atoms with Crippen LogP contribution in [-0.4, -0.2) is 36.4 Å². The maximum Gasteiger partial charge on any atom is 0.276 e. The number of anilines is 1. The number of carbonyl (C=O) groups excluding carboxylic acids is 1. The second-order valence-electron chi connectivity index (χ2n) is 5.21. The van der Waals surface area contributed by atoms with Gasteiger partial charge >= 0.3 is 0 Å². The number of aromatic nitrogens is 2. The van der Waals surface area contributed by atoms with E-state index in [1.54, 1.807) is 25.3 Å². The number of nitrogens with one attached hydrogen (secondary N) is 3. The standard InChI is InChI=1S/C16H20N4O3/c1-3-23-13-5-4-10(8-14(13)22-2)18-16(21)15-11-9-17-7-6-12(11)19-20-15/h4-5,8,17H,3,6-7,9H2,1-2H3,(H,18,21)(H,19,20). The first-order chi connectivity index (χ1) is 11.2. The van der Waals surface area contributed by atoms with Crippen molar-refractivity contribution in [2.24, 2.45) is 0 Å². The Balaban J connectivity index is 1.79. The zero-order valence-corrected chi connectivity index (χ0v) is 13.2. The smallest absolute Gasteiger partial charge is 0.276 e. The summed E-state index contributed by atoms with van der Waals surface area (Å²) in [5.74, 6) is 0.988. The predicted molar refractivity (Wildman–Crippen MR) is 86.1 cm³/mol. The van der Waals surface area contributed by atoms with Gasteiger partial charge in [-0.25, -0.2) is 0 Å². The molecule has 7 heteroatoms. The molecular weight excluding hydrogens is 296 g/mol. The summed E-state index contributed by atoms with van der Waals surface area (Å²) in [5.41, 5.74) is 3.03. The molecular formula is C16H20N4O3. The van der Waals surface area contributed by atoms with Crippen LogP contribution in [0.5, 0.6) is 11.5 Å². The molecule has 23 heavy (non-hydrogen) atoms. The van der Waals surface area contributed by atoms with E-state index in [0.717, 1.165) is 24.2 Å². The average Bonchev–Trinajstić information content (AvgIpc) is 3.00. The number of carbonyl (C=O) groups is 1. The van der Waals surface area contributed by atoms with Gasteiger partial charge in [-0.1, -0.05) is 0 Å². The molecule has 2 heterocycles. The predicted octanol–water partition coefficient (Wildman–Crippen LogP) is 1.71. The topological polar surface area (TPSA) is 88.3 Å². The molecule has 1 amide bonds. The van der Waals surface area contributed by atoms with Crippen molar-refractivity contribution in [3.05, 3.63) is 35.2 Å². The van der Waals surface area contributed by atoms with Gasteiger partial charge in [-0.3, -0.25) is 9.89 Å². The number of nitrogens with zero attached hydrogens (tertiary/aromatic N) is 1. The minimum Gasteiger partial charge on any atom is -0.493 e. The molecule has 0 radical (unpaired) electrons. The molecule has 0 spiro atoms. The Hall–Kier alpha value is -2.54. The van der Waals surface area contributed by atoms with Gasteiger partial charge in [0.1, 0.15) is 0 Å². The molecule has 7 nitrogen and oxygen atoms in total. The van der Waals surface area contributed by atoms with Gasteiger partial charge in [0.15, 0.2) is 17.2 Å². The van der Waals surface area contributed by atoms with Gasteiger partial charge in [-0.05, 0) is 19.1 Å². The van der Waals surface area contributed by atoms with Crippen molar-refractivity contribution < 1.29 is 14.3 Å². The number of aromatic amines is 1. The molecule has 0 atom stereocenters. The van der Waals surface area contributed by atoms with Gasteiger partial charge < -0.3 is 20.1 Å². The summed E-state index contributed by atoms with van der Waals surface area (Å²) in [5, 5.41) is 13.2. The van der Waals surface area contributed by atoms with Gasteiger partial charge in [0.2, 0.25) is 0 Å². The summed E-state index contributed by atoms with van der Waals surface area (Å²) in [6.07, 6.45) is 0.854. The molecule has 1 aliphatic rings. The highest BCUT2D eigenvalue weighted by atomic mass is 16.5. The van der Waals surface area contributed by atoms with Gasteiger partial charge in [-0.2, -0.15) is 5.10 Å². The minimum atomic E-state index is -0.239. The maximum absolute atomic E-state index is 12.5. The lowest BCUT2D eigenvalue weighted by molar-refractivity contribution is 0.102. The Morgan fingerprint density at radius 3 is 3.04 bits per heavy atom. The Bertz CT molecular complexity index is 711. The van der Waals surface area contributed by atoms with Crippen LogP contribution in [0.25, 0.3) is 0 Å². The summed E-state index contributed by atoms with van der Waals surface area (Å²) in [6.45, 7) is 4.01. The van der Waals surface area contributed by atoms with Crippen LogP contribution in [0, 0.1) is 0 Å². The second-order valence-corrected chi connectivity index (χ2v) is 5.21. The van der Waals surface area contributed by atoms with Gasteiger partial charge in [0, 0.05) is 42.5 Å². The van der Waals surface area contributed by atoms with Crippen LogP contribution in [0.2, 0.25) is 0 Å². The summed E-state index contributed by atoms with van der Waals surface area (Å²) in [6, 6.07) is 5.29. The molecule has 1 aromatic carbocycles. The van der Waals surface area contributed by atoms with E-state index in [1.165, 1.54) is 0 Å². The normalized spacial score (nSPS) is 13.3. The molecule has 3 N–H and O–H groups in total. The lowest BCUT2D eigenvalue weighted by Gasteiger charge is -2.13. The van der Waals surface area contributed by atoms with E-state index in [9.17, 15) is 4.79 Å². The van der Waals surface area contributed by atoms with Crippen molar-refractivity contribution in [1.29, 1.82) is 0 Å². The third kappa shape index (κ3) is 3.14. The van der Waals surface area contributed by atoms with Crippen molar-refractivity contribution in [3.8, 4) is 11.5 Å². The van der Waals surface area contributed by atoms with Crippen LogP contribution in [-0.2, 0) is 13.0 Å². The molecule has 122 valence electrons. The summed E-state index contributed by atoms with van der Waals surface area (Å²) < 4.78 is 10.8. The monoisotopic (exact) mass is 316 g/mol. The largest absolute Gasteiger partial charge is 0.493 e. The molecule has 0 saturated heterocycles. The van der Waals surface area contributed by atoms with E-state index < -0.39 is 0 Å². The van der Waals surface area contributed by atoms with Crippen molar-refractivity contribution >= 4 is 11.6 Å². The van der Waals surface area contributed by atoms with E-state index in [4.69, 9.17) is 9.47 Å². The Morgan fingerprint density at radius 2 is 2.26 bits per heavy atom. The molecule has 0 fully saturated rings. The molecule has 3 rings (SSSR count). The van der Waals surface area contributed by atoms with Crippen LogP contribution in [0.15, 0.2) is 18.2 Å². The molecule has 1 aliphatic heterocycles. The fraction of sp³-hybridized carbons (Fsp3) is 0.375. The lowest BCUT2D eigenvalue weighted by Crippen LogP contribution is -2.25. The fourth-order valence-corrected chi connectivity index (χ4v) is 2.62. The van der Waals surface area contributed by atoms with E-state index in [0.29, 0.717) is 36.0 Å². The fourth-order valence-electron chi connectivity index (χ4n) is 2.62. The first-order valence-corrected chi connectivity index (χ1v) is 7.62. The number of amides is 1. The van der Waals surface area contributed by atoms with Gasteiger partial charge in [0.25, 0.3) is 5.91 Å². The van der Waals surface area contributed by atoms with Gasteiger partial charge in [0.05, 0.1) is 13.7 Å². The Kier molecular flexibility index (Phi) is 4.47. The third-order valence-electron chi connectivity index (χ3n) is 3.74. The molecule has 0 unspecified atom stereocenters. The SMILES string of the molecule is CCOc1ccc(NC(=O)c2n[nH]c3c2CNCC3)cc1OC. The quantitative estimate of drug-likeness (QED) is 0.781. The number of rotatable bonds is 5. The lowest BCUT2D eigenvalue weighted by atomic mass is 10.1. The molecule has 0 bridgehead atoms. The van der Waals surface area contributed by atoms with Crippen LogP contribution < -0.4 is 20.1 Å². The minimum absolute atomic E-state index is 0.239. The molecule has 2 aromatic rings. The first kappa shape index (κ1) is 15.4. The van der Waals surface area contributed by atoms with E-state index in [-0.39, 0.29) is 5.91 Å². The molecule has 0 aliphatic carbocycles. The van der Waals surface area contributed by atoms with Gasteiger partial charge in [-0.15, -0.1) is 0 Å². The Labute approximate surface area is 134 Å². The van der Waals surface area contributed by atoms with Crippen LogP contribution in [0.4, 0.5) is 5.69 Å². The summed E-state index contributed by atoms with van der Waals surface area (Å²) >= 11 is 0. The molecule has 1 aromatic heterocycles. The highest BCUT2D eigenvalue weighted by molar-refractivity contribution is 6.04. The van der Waals surface area contributed by atoms with Crippen LogP contribution in [0.3, 0.4) is 0 Å². The first-order valence-electron chi connectivity index (χ1n) is 7.62. The maximum atomic E-state index is 12.5. The highest BCUT2D eigenvalue weighted by Crippen LogP contribution is 2.30. The van der Waals surface area contributed by atoms with Crippen molar-refractivity contribution in [2.75, 3.05) is 25.6 Å². The number of benzene rings is 1. The van der Waals surface area contributed by atoms with Crippen LogP contribution in [0.1, 0.15) is 28.7 Å². The Morgan fingerprint density at radius 1 is 1.39 bits per heavy atom. The van der Waals surface area contributed by atoms with E-state index in [1.807, 2.05) is 6.92 Å². The van der Waals surface area contributed by atoms with Crippen molar-refractivity contribution in [2.45, 2.75) is 19.9 Å². The van der Waals surface area contributed by atoms with Crippen LogP contribution >= 0.6 is 0 Å².